The molecule has 7 heteroatoms. The molecule has 3 aromatic carbocycles. The van der Waals surface area contributed by atoms with Crippen LogP contribution in [0.1, 0.15) is 23.7 Å². The van der Waals surface area contributed by atoms with Gasteiger partial charge in [0.15, 0.2) is 0 Å². The minimum Gasteiger partial charge on any atom is -0.356 e. The van der Waals surface area contributed by atoms with Crippen molar-refractivity contribution in [3.8, 4) is 0 Å². The molecule has 0 aromatic heterocycles. The lowest BCUT2D eigenvalue weighted by molar-refractivity contribution is -0.115. The Kier molecular flexibility index (Phi) is 7.56. The first kappa shape index (κ1) is 21.5. The molecule has 0 heterocycles. The van der Waals surface area contributed by atoms with Crippen LogP contribution in [-0.2, 0) is 4.79 Å². The second-order valence-electron chi connectivity index (χ2n) is 6.59. The molecule has 0 radical (unpaired) electrons. The van der Waals surface area contributed by atoms with Crippen molar-refractivity contribution < 1.29 is 9.59 Å². The molecule has 6 nitrogen and oxygen atoms in total. The van der Waals surface area contributed by atoms with E-state index in [-0.39, 0.29) is 18.2 Å². The number of amides is 2. The number of rotatable bonds is 7. The lowest BCUT2D eigenvalue weighted by atomic mass is 10.2. The van der Waals surface area contributed by atoms with E-state index in [1.54, 1.807) is 19.1 Å². The zero-order valence-corrected chi connectivity index (χ0v) is 18.5. The zero-order valence-electron chi connectivity index (χ0n) is 16.4. The molecule has 0 saturated heterocycles. The Balaban J connectivity index is 1.48. The monoisotopic (exact) mass is 512 g/mol. The molecular formula is C23H21IN4O2. The van der Waals surface area contributed by atoms with Gasteiger partial charge in [-0.05, 0) is 90.2 Å². The van der Waals surface area contributed by atoms with Crippen LogP contribution in [0.4, 0.5) is 17.1 Å². The SMILES string of the molecule is CC(CC(=O)Nc1ccc(Nc2ccccc2)cc1)=NNC(=O)c1ccc(I)cc1. The molecular weight excluding hydrogens is 491 g/mol. The van der Waals surface area contributed by atoms with E-state index in [1.807, 2.05) is 66.7 Å². The molecule has 3 N–H and O–H groups in total. The first-order valence-corrected chi connectivity index (χ1v) is 10.4. The molecule has 0 aliphatic carbocycles. The van der Waals surface area contributed by atoms with Crippen LogP contribution in [-0.4, -0.2) is 17.5 Å². The summed E-state index contributed by atoms with van der Waals surface area (Å²) in [5.74, 6) is -0.517. The van der Waals surface area contributed by atoms with Crippen molar-refractivity contribution in [1.82, 2.24) is 5.43 Å². The fourth-order valence-electron chi connectivity index (χ4n) is 2.61. The largest absolute Gasteiger partial charge is 0.356 e. The summed E-state index contributed by atoms with van der Waals surface area (Å²) in [7, 11) is 0. The lowest BCUT2D eigenvalue weighted by Crippen LogP contribution is -2.21. The number of hydrogen-bond donors (Lipinski definition) is 3. The summed E-state index contributed by atoms with van der Waals surface area (Å²) in [4.78, 5) is 24.3. The zero-order chi connectivity index (χ0) is 21.3. The third-order valence-electron chi connectivity index (χ3n) is 4.10. The molecule has 0 bridgehead atoms. The Labute approximate surface area is 188 Å². The van der Waals surface area contributed by atoms with Crippen molar-refractivity contribution in [2.75, 3.05) is 10.6 Å². The van der Waals surface area contributed by atoms with Crippen LogP contribution in [0.15, 0.2) is 84.0 Å². The van der Waals surface area contributed by atoms with Crippen LogP contribution in [0, 0.1) is 3.57 Å². The fourth-order valence-corrected chi connectivity index (χ4v) is 2.97. The Morgan fingerprint density at radius 2 is 1.43 bits per heavy atom. The number of carbonyl (C=O) groups is 2. The minimum atomic E-state index is -0.312. The van der Waals surface area contributed by atoms with Gasteiger partial charge in [0.25, 0.3) is 5.91 Å². The summed E-state index contributed by atoms with van der Waals surface area (Å²) in [5.41, 5.74) is 6.11. The molecule has 3 rings (SSSR count). The Bertz CT molecular complexity index is 1030. The van der Waals surface area contributed by atoms with Gasteiger partial charge in [-0.3, -0.25) is 9.59 Å². The third-order valence-corrected chi connectivity index (χ3v) is 4.82. The molecule has 0 saturated carbocycles. The maximum Gasteiger partial charge on any atom is 0.271 e. The van der Waals surface area contributed by atoms with Gasteiger partial charge in [-0.2, -0.15) is 5.10 Å². The van der Waals surface area contributed by atoms with Crippen LogP contribution in [0.3, 0.4) is 0 Å². The molecule has 0 aliphatic rings. The highest BCUT2D eigenvalue weighted by molar-refractivity contribution is 14.1. The molecule has 3 aromatic rings. The minimum absolute atomic E-state index is 0.0803. The number of halogens is 1. The van der Waals surface area contributed by atoms with Crippen LogP contribution in [0.5, 0.6) is 0 Å². The third kappa shape index (κ3) is 6.70. The molecule has 0 fully saturated rings. The normalized spacial score (nSPS) is 10.9. The van der Waals surface area contributed by atoms with Gasteiger partial charge in [-0.15, -0.1) is 0 Å². The number of carbonyl (C=O) groups excluding carboxylic acids is 2. The van der Waals surface area contributed by atoms with E-state index in [0.717, 1.165) is 14.9 Å². The molecule has 0 aliphatic heterocycles. The first-order chi connectivity index (χ1) is 14.5. The molecule has 152 valence electrons. The summed E-state index contributed by atoms with van der Waals surface area (Å²) < 4.78 is 1.05. The van der Waals surface area contributed by atoms with Gasteiger partial charge >= 0.3 is 0 Å². The summed E-state index contributed by atoms with van der Waals surface area (Å²) in [6.45, 7) is 1.70. The van der Waals surface area contributed by atoms with Crippen molar-refractivity contribution in [3.05, 3.63) is 88.0 Å². The maximum absolute atomic E-state index is 12.2. The number of hydrazone groups is 1. The number of anilines is 3. The summed E-state index contributed by atoms with van der Waals surface area (Å²) in [6.07, 6.45) is 0.0803. The van der Waals surface area contributed by atoms with Gasteiger partial charge in [0.05, 0.1) is 6.42 Å². The first-order valence-electron chi connectivity index (χ1n) is 9.30. The second kappa shape index (κ2) is 10.5. The summed E-state index contributed by atoms with van der Waals surface area (Å²) >= 11 is 2.17. The average molecular weight is 512 g/mol. The van der Waals surface area contributed by atoms with E-state index in [1.165, 1.54) is 0 Å². The van der Waals surface area contributed by atoms with Crippen molar-refractivity contribution >= 4 is 57.2 Å². The van der Waals surface area contributed by atoms with E-state index in [2.05, 4.69) is 43.8 Å². The molecule has 0 atom stereocenters. The maximum atomic E-state index is 12.2. The van der Waals surface area contributed by atoms with Crippen LogP contribution in [0.2, 0.25) is 0 Å². The van der Waals surface area contributed by atoms with Crippen molar-refractivity contribution in [1.29, 1.82) is 0 Å². The van der Waals surface area contributed by atoms with E-state index >= 15 is 0 Å². The van der Waals surface area contributed by atoms with Gasteiger partial charge in [-0.25, -0.2) is 5.43 Å². The predicted octanol–water partition coefficient (Wildman–Crippen LogP) is 5.17. The topological polar surface area (TPSA) is 82.6 Å². The average Bonchev–Trinajstić information content (AvgIpc) is 2.74. The Hall–Kier alpha value is -3.20. The van der Waals surface area contributed by atoms with Gasteiger partial charge in [0.1, 0.15) is 0 Å². The highest BCUT2D eigenvalue weighted by Crippen LogP contribution is 2.18. The van der Waals surface area contributed by atoms with Crippen molar-refractivity contribution in [2.24, 2.45) is 5.10 Å². The predicted molar refractivity (Wildman–Crippen MR) is 129 cm³/mol. The number of hydrogen-bond acceptors (Lipinski definition) is 4. The van der Waals surface area contributed by atoms with Gasteiger partial charge < -0.3 is 10.6 Å². The molecule has 2 amide bonds. The van der Waals surface area contributed by atoms with Gasteiger partial charge in [0.2, 0.25) is 5.91 Å². The van der Waals surface area contributed by atoms with Crippen LogP contribution in [0.25, 0.3) is 0 Å². The van der Waals surface area contributed by atoms with Gasteiger partial charge in [-0.1, -0.05) is 18.2 Å². The van der Waals surface area contributed by atoms with Crippen molar-refractivity contribution in [2.45, 2.75) is 13.3 Å². The molecule has 0 spiro atoms. The van der Waals surface area contributed by atoms with Crippen LogP contribution < -0.4 is 16.1 Å². The van der Waals surface area contributed by atoms with E-state index in [9.17, 15) is 9.59 Å². The molecule has 0 unspecified atom stereocenters. The lowest BCUT2D eigenvalue weighted by Gasteiger charge is -2.09. The number of nitrogens with zero attached hydrogens (tertiary/aromatic N) is 1. The second-order valence-corrected chi connectivity index (χ2v) is 7.83. The summed E-state index contributed by atoms with van der Waals surface area (Å²) in [5, 5.41) is 10.1. The van der Waals surface area contributed by atoms with Crippen molar-refractivity contribution in [3.63, 3.8) is 0 Å². The molecule has 30 heavy (non-hydrogen) atoms. The summed E-state index contributed by atoms with van der Waals surface area (Å²) in [6, 6.07) is 24.4. The highest BCUT2D eigenvalue weighted by Gasteiger charge is 2.07. The number of nitrogens with one attached hydrogen (secondary N) is 3. The Morgan fingerprint density at radius 3 is 2.10 bits per heavy atom. The fraction of sp³-hybridized carbons (Fsp3) is 0.0870. The van der Waals surface area contributed by atoms with E-state index in [4.69, 9.17) is 0 Å². The smallest absolute Gasteiger partial charge is 0.271 e. The standard InChI is InChI=1S/C23H21IN4O2/c1-16(27-28-23(30)17-7-9-18(24)10-8-17)15-22(29)26-21-13-11-20(12-14-21)25-19-5-3-2-4-6-19/h2-14,25H,15H2,1H3,(H,26,29)(H,28,30). The highest BCUT2D eigenvalue weighted by atomic mass is 127. The van der Waals surface area contributed by atoms with E-state index < -0.39 is 0 Å². The van der Waals surface area contributed by atoms with Crippen LogP contribution >= 0.6 is 22.6 Å². The number of para-hydroxylation sites is 1. The van der Waals surface area contributed by atoms with E-state index in [0.29, 0.717) is 17.0 Å². The number of benzene rings is 3. The quantitative estimate of drug-likeness (QED) is 0.232. The Morgan fingerprint density at radius 1 is 0.833 bits per heavy atom. The van der Waals surface area contributed by atoms with Gasteiger partial charge in [0, 0.05) is 31.9 Å².